The Morgan fingerprint density at radius 1 is 1.56 bits per heavy atom. The molecule has 16 heavy (non-hydrogen) atoms. The van der Waals surface area contributed by atoms with E-state index in [0.29, 0.717) is 19.3 Å². The molecule has 4 nitrogen and oxygen atoms in total. The van der Waals surface area contributed by atoms with Crippen LogP contribution < -0.4 is 0 Å². The molecule has 1 N–H and O–H groups in total. The van der Waals surface area contributed by atoms with Gasteiger partial charge in [0.1, 0.15) is 0 Å². The van der Waals surface area contributed by atoms with Crippen LogP contribution in [-0.4, -0.2) is 62.7 Å². The maximum Gasteiger partial charge on any atom is 0.0899 e. The van der Waals surface area contributed by atoms with Crippen LogP contribution in [0.1, 0.15) is 25.7 Å². The van der Waals surface area contributed by atoms with Crippen molar-refractivity contribution in [2.45, 2.75) is 37.9 Å². The topological polar surface area (TPSA) is 41.9 Å². The highest BCUT2D eigenvalue weighted by molar-refractivity contribution is 4.66. The van der Waals surface area contributed by atoms with Crippen LogP contribution in [0.4, 0.5) is 0 Å². The molecule has 1 aliphatic rings. The summed E-state index contributed by atoms with van der Waals surface area (Å²) in [4.78, 5) is 2.15. The highest BCUT2D eigenvalue weighted by Gasteiger charge is 2.15. The fraction of sp³-hybridized carbons (Fsp3) is 1.00. The lowest BCUT2D eigenvalue weighted by molar-refractivity contribution is 0.0416. The monoisotopic (exact) mass is 231 g/mol. The van der Waals surface area contributed by atoms with Crippen LogP contribution in [-0.2, 0) is 9.47 Å². The lowest BCUT2D eigenvalue weighted by atomic mass is 10.1. The van der Waals surface area contributed by atoms with Gasteiger partial charge in [0.25, 0.3) is 0 Å². The summed E-state index contributed by atoms with van der Waals surface area (Å²) in [7, 11) is 3.65. The number of hydrogen-bond acceptors (Lipinski definition) is 4. The Balaban J connectivity index is 1.98. The van der Waals surface area contributed by atoms with Crippen molar-refractivity contribution in [3.63, 3.8) is 0 Å². The second kappa shape index (κ2) is 8.01. The highest BCUT2D eigenvalue weighted by Crippen LogP contribution is 2.16. The highest BCUT2D eigenvalue weighted by atomic mass is 16.5. The van der Waals surface area contributed by atoms with Crippen molar-refractivity contribution in [2.24, 2.45) is 0 Å². The minimum absolute atomic E-state index is 0.377. The number of aliphatic hydroxyl groups excluding tert-OH is 1. The van der Waals surface area contributed by atoms with E-state index in [1.54, 1.807) is 7.11 Å². The first kappa shape index (κ1) is 13.9. The molecule has 1 rings (SSSR count). The van der Waals surface area contributed by atoms with Gasteiger partial charge in [-0.1, -0.05) is 0 Å². The van der Waals surface area contributed by atoms with E-state index in [9.17, 15) is 5.11 Å². The fourth-order valence-corrected chi connectivity index (χ4v) is 2.16. The molecule has 2 atom stereocenters. The van der Waals surface area contributed by atoms with Gasteiger partial charge in [0.05, 0.1) is 18.8 Å². The van der Waals surface area contributed by atoms with E-state index in [1.807, 2.05) is 7.05 Å². The van der Waals surface area contributed by atoms with Crippen LogP contribution in [0.2, 0.25) is 0 Å². The van der Waals surface area contributed by atoms with Gasteiger partial charge in [0.2, 0.25) is 0 Å². The van der Waals surface area contributed by atoms with Crippen LogP contribution in [0.15, 0.2) is 0 Å². The Labute approximate surface area is 98.5 Å². The summed E-state index contributed by atoms with van der Waals surface area (Å²) in [5.74, 6) is 0. The molecule has 0 aromatic carbocycles. The molecule has 96 valence electrons. The molecule has 0 amide bonds. The smallest absolute Gasteiger partial charge is 0.0899 e. The molecule has 0 radical (unpaired) electrons. The second-order valence-corrected chi connectivity index (χ2v) is 4.65. The zero-order chi connectivity index (χ0) is 11.8. The number of aliphatic hydroxyl groups is 1. The first-order chi connectivity index (χ1) is 7.72. The summed E-state index contributed by atoms with van der Waals surface area (Å²) >= 11 is 0. The third-order valence-electron chi connectivity index (χ3n) is 2.97. The Hall–Kier alpha value is -0.160. The fourth-order valence-electron chi connectivity index (χ4n) is 2.16. The van der Waals surface area contributed by atoms with Crippen molar-refractivity contribution >= 4 is 0 Å². The van der Waals surface area contributed by atoms with Crippen LogP contribution >= 0.6 is 0 Å². The molecule has 0 aromatic heterocycles. The van der Waals surface area contributed by atoms with E-state index in [0.717, 1.165) is 26.0 Å². The molecular formula is C12H25NO3. The van der Waals surface area contributed by atoms with Crippen molar-refractivity contribution < 1.29 is 14.6 Å². The second-order valence-electron chi connectivity index (χ2n) is 4.65. The summed E-state index contributed by atoms with van der Waals surface area (Å²) in [5.41, 5.74) is 0. The van der Waals surface area contributed by atoms with E-state index in [2.05, 4.69) is 4.90 Å². The Morgan fingerprint density at radius 3 is 3.00 bits per heavy atom. The van der Waals surface area contributed by atoms with Gasteiger partial charge in [-0.05, 0) is 39.3 Å². The first-order valence-electron chi connectivity index (χ1n) is 6.19. The number of methoxy groups -OCH3 is 1. The molecular weight excluding hydrogens is 206 g/mol. The van der Waals surface area contributed by atoms with Crippen LogP contribution in [0.5, 0.6) is 0 Å². The van der Waals surface area contributed by atoms with Crippen LogP contribution in [0, 0.1) is 0 Å². The van der Waals surface area contributed by atoms with Crippen molar-refractivity contribution in [3.05, 3.63) is 0 Å². The van der Waals surface area contributed by atoms with Gasteiger partial charge in [-0.2, -0.15) is 0 Å². The molecule has 2 unspecified atom stereocenters. The number of rotatable bonds is 8. The van der Waals surface area contributed by atoms with Gasteiger partial charge >= 0.3 is 0 Å². The standard InChI is InChI=1S/C12H25NO3/c1-13(9-11(14)10-15-2)7-3-5-12-6-4-8-16-12/h11-12,14H,3-10H2,1-2H3. The summed E-state index contributed by atoms with van der Waals surface area (Å²) in [6.07, 6.45) is 4.82. The minimum Gasteiger partial charge on any atom is -0.389 e. The van der Waals surface area contributed by atoms with E-state index >= 15 is 0 Å². The summed E-state index contributed by atoms with van der Waals surface area (Å²) < 4.78 is 10.5. The number of nitrogens with zero attached hydrogens (tertiary/aromatic N) is 1. The predicted molar refractivity (Wildman–Crippen MR) is 63.6 cm³/mol. The zero-order valence-electron chi connectivity index (χ0n) is 10.5. The van der Waals surface area contributed by atoms with E-state index < -0.39 is 0 Å². The molecule has 1 fully saturated rings. The average Bonchev–Trinajstić information content (AvgIpc) is 2.70. The summed E-state index contributed by atoms with van der Waals surface area (Å²) in [5, 5.41) is 9.54. The molecule has 0 aliphatic carbocycles. The predicted octanol–water partition coefficient (Wildman–Crippen LogP) is 0.885. The third-order valence-corrected chi connectivity index (χ3v) is 2.97. The van der Waals surface area contributed by atoms with Gasteiger partial charge < -0.3 is 19.5 Å². The maximum atomic E-state index is 9.54. The van der Waals surface area contributed by atoms with Crippen LogP contribution in [0.25, 0.3) is 0 Å². The molecule has 0 saturated carbocycles. The van der Waals surface area contributed by atoms with Crippen molar-refractivity contribution in [1.29, 1.82) is 0 Å². The van der Waals surface area contributed by atoms with Gasteiger partial charge in [-0.15, -0.1) is 0 Å². The number of ether oxygens (including phenoxy) is 2. The molecule has 0 spiro atoms. The largest absolute Gasteiger partial charge is 0.389 e. The first-order valence-corrected chi connectivity index (χ1v) is 6.19. The summed E-state index contributed by atoms with van der Waals surface area (Å²) in [6, 6.07) is 0. The van der Waals surface area contributed by atoms with Crippen LogP contribution in [0.3, 0.4) is 0 Å². The molecule has 0 aromatic rings. The minimum atomic E-state index is -0.377. The zero-order valence-corrected chi connectivity index (χ0v) is 10.5. The van der Waals surface area contributed by atoms with E-state index in [4.69, 9.17) is 9.47 Å². The van der Waals surface area contributed by atoms with Crippen molar-refractivity contribution in [2.75, 3.05) is 40.5 Å². The molecule has 1 heterocycles. The van der Waals surface area contributed by atoms with E-state index in [1.165, 1.54) is 12.8 Å². The van der Waals surface area contributed by atoms with Crippen molar-refractivity contribution in [3.8, 4) is 0 Å². The molecule has 0 bridgehead atoms. The Morgan fingerprint density at radius 2 is 2.38 bits per heavy atom. The lowest BCUT2D eigenvalue weighted by Gasteiger charge is -2.20. The lowest BCUT2D eigenvalue weighted by Crippen LogP contribution is -2.32. The van der Waals surface area contributed by atoms with Gasteiger partial charge in [0, 0.05) is 20.3 Å². The third kappa shape index (κ3) is 5.80. The number of hydrogen-bond donors (Lipinski definition) is 1. The Kier molecular flexibility index (Phi) is 6.96. The maximum absolute atomic E-state index is 9.54. The average molecular weight is 231 g/mol. The molecule has 4 heteroatoms. The van der Waals surface area contributed by atoms with Gasteiger partial charge in [-0.3, -0.25) is 0 Å². The number of likely N-dealkylation sites (N-methyl/N-ethyl adjacent to an activating group) is 1. The molecule has 1 aliphatic heterocycles. The van der Waals surface area contributed by atoms with Gasteiger partial charge in [-0.25, -0.2) is 0 Å². The molecule has 1 saturated heterocycles. The van der Waals surface area contributed by atoms with Gasteiger partial charge in [0.15, 0.2) is 0 Å². The normalized spacial score (nSPS) is 22.9. The quantitative estimate of drug-likeness (QED) is 0.673. The SMILES string of the molecule is COCC(O)CN(C)CCCC1CCCO1. The van der Waals surface area contributed by atoms with E-state index in [-0.39, 0.29) is 6.10 Å². The van der Waals surface area contributed by atoms with Crippen molar-refractivity contribution in [1.82, 2.24) is 4.90 Å². The summed E-state index contributed by atoms with van der Waals surface area (Å²) in [6.45, 7) is 3.04. The Bertz CT molecular complexity index is 172.